The first kappa shape index (κ1) is 13.3. The monoisotopic (exact) mass is 291 g/mol. The number of hydrogen-bond donors (Lipinski definition) is 1. The van der Waals surface area contributed by atoms with Crippen LogP contribution in [0.15, 0.2) is 21.3 Å². The molecule has 2 aromatic rings. The van der Waals surface area contributed by atoms with E-state index in [9.17, 15) is 14.9 Å². The zero-order valence-corrected chi connectivity index (χ0v) is 11.1. The maximum Gasteiger partial charge on any atom is 0.433 e. The molecule has 9 heteroatoms. The largest absolute Gasteiger partial charge is 0.433 e. The van der Waals surface area contributed by atoms with Crippen molar-refractivity contribution in [2.75, 3.05) is 18.0 Å². The average molecular weight is 291 g/mol. The van der Waals surface area contributed by atoms with Crippen LogP contribution < -0.4 is 10.5 Å². The molecule has 2 aromatic heterocycles. The molecule has 0 unspecified atom stereocenters. The Morgan fingerprint density at radius 3 is 2.62 bits per heavy atom. The van der Waals surface area contributed by atoms with Crippen molar-refractivity contribution in [2.45, 2.75) is 19.3 Å². The minimum Gasteiger partial charge on any atom is -0.399 e. The number of anilines is 1. The minimum absolute atomic E-state index is 0.0284. The lowest BCUT2D eigenvalue weighted by molar-refractivity contribution is -0.401. The van der Waals surface area contributed by atoms with Gasteiger partial charge in [0, 0.05) is 13.1 Å². The van der Waals surface area contributed by atoms with E-state index in [4.69, 9.17) is 4.42 Å². The molecule has 0 amide bonds. The lowest BCUT2D eigenvalue weighted by Gasteiger charge is -2.26. The summed E-state index contributed by atoms with van der Waals surface area (Å²) in [5.74, 6) is 0.0106. The first-order chi connectivity index (χ1) is 10.1. The Balaban J connectivity index is 1.90. The summed E-state index contributed by atoms with van der Waals surface area (Å²) in [6.07, 6.45) is 3.27. The highest BCUT2D eigenvalue weighted by atomic mass is 16.6. The number of piperidine rings is 1. The van der Waals surface area contributed by atoms with Gasteiger partial charge >= 0.3 is 5.88 Å². The molecule has 1 aliphatic rings. The van der Waals surface area contributed by atoms with E-state index in [-0.39, 0.29) is 11.5 Å². The van der Waals surface area contributed by atoms with Crippen molar-refractivity contribution in [2.24, 2.45) is 0 Å². The normalized spacial score (nSPS) is 15.1. The second-order valence-electron chi connectivity index (χ2n) is 4.77. The van der Waals surface area contributed by atoms with Crippen LogP contribution in [0.1, 0.15) is 19.3 Å². The van der Waals surface area contributed by atoms with Crippen LogP contribution in [0.5, 0.6) is 0 Å². The van der Waals surface area contributed by atoms with Crippen molar-refractivity contribution >= 4 is 11.8 Å². The van der Waals surface area contributed by atoms with Gasteiger partial charge in [-0.15, -0.1) is 10.2 Å². The average Bonchev–Trinajstić information content (AvgIpc) is 2.98. The number of aromatic amines is 1. The lowest BCUT2D eigenvalue weighted by atomic mass is 10.1. The van der Waals surface area contributed by atoms with Crippen LogP contribution in [0.4, 0.5) is 11.8 Å². The summed E-state index contributed by atoms with van der Waals surface area (Å²) in [5.41, 5.74) is -0.543. The molecule has 1 fully saturated rings. The summed E-state index contributed by atoms with van der Waals surface area (Å²) in [6, 6.07) is 2.51. The molecule has 0 bridgehead atoms. The Hall–Kier alpha value is -2.71. The number of furan rings is 1. The van der Waals surface area contributed by atoms with Crippen molar-refractivity contribution in [1.29, 1.82) is 0 Å². The summed E-state index contributed by atoms with van der Waals surface area (Å²) >= 11 is 0. The predicted octanol–water partition coefficient (Wildman–Crippen LogP) is 1.32. The van der Waals surface area contributed by atoms with E-state index in [0.717, 1.165) is 25.9 Å². The molecule has 9 nitrogen and oxygen atoms in total. The molecule has 0 atom stereocenters. The number of hydrogen-bond acceptors (Lipinski definition) is 7. The Kier molecular flexibility index (Phi) is 3.38. The van der Waals surface area contributed by atoms with Crippen molar-refractivity contribution < 1.29 is 9.34 Å². The first-order valence-corrected chi connectivity index (χ1v) is 6.62. The molecule has 1 N–H and O–H groups in total. The van der Waals surface area contributed by atoms with Crippen molar-refractivity contribution in [1.82, 2.24) is 15.2 Å². The second kappa shape index (κ2) is 5.35. The molecule has 0 radical (unpaired) electrons. The van der Waals surface area contributed by atoms with E-state index >= 15 is 0 Å². The summed E-state index contributed by atoms with van der Waals surface area (Å²) in [5, 5.41) is 18.4. The molecular formula is C12H13N5O4. The Morgan fingerprint density at radius 1 is 1.24 bits per heavy atom. The van der Waals surface area contributed by atoms with Crippen LogP contribution in [0, 0.1) is 10.1 Å². The standard InChI is InChI=1S/C12H13N5O4/c18-11-10(8-4-5-9(21-8)17(19)20)14-15-12(13-11)16-6-2-1-3-7-16/h4-5H,1-3,6-7H2,(H,13,15,18). The smallest absolute Gasteiger partial charge is 0.399 e. The van der Waals surface area contributed by atoms with Crippen LogP contribution in [-0.2, 0) is 0 Å². The lowest BCUT2D eigenvalue weighted by Crippen LogP contribution is -2.33. The number of H-pyrrole nitrogens is 1. The van der Waals surface area contributed by atoms with Gasteiger partial charge in [-0.1, -0.05) is 0 Å². The number of nitro groups is 1. The van der Waals surface area contributed by atoms with Gasteiger partial charge in [0.2, 0.25) is 5.95 Å². The number of rotatable bonds is 3. The maximum absolute atomic E-state index is 12.0. The van der Waals surface area contributed by atoms with E-state index < -0.39 is 16.4 Å². The molecule has 1 saturated heterocycles. The maximum atomic E-state index is 12.0. The van der Waals surface area contributed by atoms with Gasteiger partial charge < -0.3 is 9.32 Å². The topological polar surface area (TPSA) is 118 Å². The van der Waals surface area contributed by atoms with E-state index in [1.165, 1.54) is 18.6 Å². The Labute approximate surface area is 118 Å². The molecule has 3 rings (SSSR count). The molecule has 0 aliphatic carbocycles. The van der Waals surface area contributed by atoms with Crippen molar-refractivity contribution in [3.63, 3.8) is 0 Å². The van der Waals surface area contributed by atoms with Crippen molar-refractivity contribution in [3.8, 4) is 11.5 Å². The van der Waals surface area contributed by atoms with E-state index in [2.05, 4.69) is 15.2 Å². The van der Waals surface area contributed by atoms with Gasteiger partial charge in [-0.2, -0.15) is 0 Å². The highest BCUT2D eigenvalue weighted by Crippen LogP contribution is 2.22. The predicted molar refractivity (Wildman–Crippen MR) is 73.1 cm³/mol. The quantitative estimate of drug-likeness (QED) is 0.669. The van der Waals surface area contributed by atoms with Gasteiger partial charge in [0.15, 0.2) is 11.5 Å². The summed E-state index contributed by atoms with van der Waals surface area (Å²) < 4.78 is 4.96. The van der Waals surface area contributed by atoms with Gasteiger partial charge in [-0.3, -0.25) is 19.9 Å². The third-order valence-corrected chi connectivity index (χ3v) is 3.35. The Morgan fingerprint density at radius 2 is 2.00 bits per heavy atom. The number of nitrogens with one attached hydrogen (secondary N) is 1. The summed E-state index contributed by atoms with van der Waals surface area (Å²) in [6.45, 7) is 1.66. The van der Waals surface area contributed by atoms with E-state index in [1.807, 2.05) is 4.90 Å². The van der Waals surface area contributed by atoms with Gasteiger partial charge in [-0.05, 0) is 25.3 Å². The van der Waals surface area contributed by atoms with E-state index in [0.29, 0.717) is 5.95 Å². The molecule has 0 spiro atoms. The first-order valence-electron chi connectivity index (χ1n) is 6.62. The fourth-order valence-electron chi connectivity index (χ4n) is 2.29. The zero-order chi connectivity index (χ0) is 14.8. The molecule has 0 aromatic carbocycles. The molecular weight excluding hydrogens is 278 g/mol. The number of aromatic nitrogens is 3. The van der Waals surface area contributed by atoms with Crippen LogP contribution in [0.3, 0.4) is 0 Å². The van der Waals surface area contributed by atoms with E-state index in [1.54, 1.807) is 0 Å². The van der Waals surface area contributed by atoms with Gasteiger partial charge in [0.25, 0.3) is 5.56 Å². The highest BCUT2D eigenvalue weighted by Gasteiger charge is 2.19. The second-order valence-corrected chi connectivity index (χ2v) is 4.77. The molecule has 0 saturated carbocycles. The molecule has 1 aliphatic heterocycles. The molecule has 3 heterocycles. The van der Waals surface area contributed by atoms with Crippen LogP contribution in [0.25, 0.3) is 11.5 Å². The molecule has 110 valence electrons. The van der Waals surface area contributed by atoms with Gasteiger partial charge in [-0.25, -0.2) is 0 Å². The number of nitrogens with zero attached hydrogens (tertiary/aromatic N) is 4. The summed E-state index contributed by atoms with van der Waals surface area (Å²) in [7, 11) is 0. The summed E-state index contributed by atoms with van der Waals surface area (Å²) in [4.78, 5) is 26.6. The molecule has 21 heavy (non-hydrogen) atoms. The SMILES string of the molecule is O=c1[nH]c(N2CCCCC2)nnc1-c1ccc([N+](=O)[O-])o1. The van der Waals surface area contributed by atoms with Gasteiger partial charge in [0.05, 0.1) is 6.07 Å². The van der Waals surface area contributed by atoms with Crippen LogP contribution in [-0.4, -0.2) is 33.2 Å². The fourth-order valence-corrected chi connectivity index (χ4v) is 2.29. The third-order valence-electron chi connectivity index (χ3n) is 3.35. The van der Waals surface area contributed by atoms with Crippen LogP contribution >= 0.6 is 0 Å². The van der Waals surface area contributed by atoms with Crippen LogP contribution in [0.2, 0.25) is 0 Å². The Bertz CT molecular complexity index is 716. The minimum atomic E-state index is -0.673. The fraction of sp³-hybridized carbons (Fsp3) is 0.417. The van der Waals surface area contributed by atoms with Crippen molar-refractivity contribution in [3.05, 3.63) is 32.6 Å². The van der Waals surface area contributed by atoms with Gasteiger partial charge in [0.1, 0.15) is 4.92 Å². The zero-order valence-electron chi connectivity index (χ0n) is 11.1. The highest BCUT2D eigenvalue weighted by molar-refractivity contribution is 5.52. The third kappa shape index (κ3) is 2.62.